The summed E-state index contributed by atoms with van der Waals surface area (Å²) < 4.78 is 71.1. The Hall–Kier alpha value is -3.38. The standard InChI is InChI=1S/C39H51F4N3O5/c1-4-51-23-31-19-28(33-14-9-29(39(41,42)43)20-35(33)44-17-15-27(16-18-44)36(47)48)21-46(31)37(49)38(40)24-45(30-10-5-25(2)6-11-30)22-34(38)26-7-12-32(50-3)13-8-26/h7-9,12-14,20,25,27-28,30-31,34H,4-6,10-11,15-19,21-24H2,1-3H3,(H,47,48)/t25?,28-,30?,31+,34+,38+/m1/s1. The van der Waals surface area contributed by atoms with Crippen molar-refractivity contribution in [2.75, 3.05) is 57.9 Å². The maximum atomic E-state index is 18.0. The molecule has 280 valence electrons. The van der Waals surface area contributed by atoms with Crippen molar-refractivity contribution in [2.45, 2.75) is 94.6 Å². The van der Waals surface area contributed by atoms with Crippen LogP contribution in [0.5, 0.6) is 5.75 Å². The van der Waals surface area contributed by atoms with Crippen LogP contribution in [0.4, 0.5) is 23.2 Å². The second-order valence-corrected chi connectivity index (χ2v) is 15.1. The van der Waals surface area contributed by atoms with E-state index in [1.54, 1.807) is 24.1 Å². The number of anilines is 1. The molecule has 6 rings (SSSR count). The van der Waals surface area contributed by atoms with Crippen molar-refractivity contribution in [3.8, 4) is 5.75 Å². The van der Waals surface area contributed by atoms with Crippen LogP contribution in [0.15, 0.2) is 42.5 Å². The van der Waals surface area contributed by atoms with E-state index in [4.69, 9.17) is 9.47 Å². The average molecular weight is 718 g/mol. The summed E-state index contributed by atoms with van der Waals surface area (Å²) in [5.41, 5.74) is -1.24. The van der Waals surface area contributed by atoms with E-state index in [-0.39, 0.29) is 31.7 Å². The van der Waals surface area contributed by atoms with Gasteiger partial charge in [0.05, 0.1) is 31.2 Å². The van der Waals surface area contributed by atoms with Crippen molar-refractivity contribution >= 4 is 17.6 Å². The number of alkyl halides is 4. The Kier molecular flexibility index (Phi) is 11.2. The molecule has 0 spiro atoms. The summed E-state index contributed by atoms with van der Waals surface area (Å²) in [4.78, 5) is 32.0. The molecule has 1 saturated carbocycles. The number of hydrogen-bond acceptors (Lipinski definition) is 6. The summed E-state index contributed by atoms with van der Waals surface area (Å²) in [6.45, 7) is 5.82. The van der Waals surface area contributed by atoms with Crippen molar-refractivity contribution in [1.82, 2.24) is 9.80 Å². The molecule has 0 unspecified atom stereocenters. The molecule has 4 fully saturated rings. The van der Waals surface area contributed by atoms with E-state index >= 15 is 4.39 Å². The highest BCUT2D eigenvalue weighted by molar-refractivity contribution is 5.88. The Morgan fingerprint density at radius 3 is 2.27 bits per heavy atom. The van der Waals surface area contributed by atoms with Crippen molar-refractivity contribution < 1.29 is 41.7 Å². The minimum Gasteiger partial charge on any atom is -0.497 e. The first kappa shape index (κ1) is 37.4. The molecule has 4 aliphatic rings. The normalized spacial score (nSPS) is 29.4. The van der Waals surface area contributed by atoms with Gasteiger partial charge in [0.25, 0.3) is 5.91 Å². The lowest BCUT2D eigenvalue weighted by Crippen LogP contribution is -2.53. The molecule has 51 heavy (non-hydrogen) atoms. The molecule has 1 aliphatic carbocycles. The molecule has 12 heteroatoms. The lowest BCUT2D eigenvalue weighted by atomic mass is 9.85. The Morgan fingerprint density at radius 2 is 1.67 bits per heavy atom. The Morgan fingerprint density at radius 1 is 0.980 bits per heavy atom. The van der Waals surface area contributed by atoms with Crippen molar-refractivity contribution in [3.63, 3.8) is 0 Å². The molecule has 3 aliphatic heterocycles. The first-order valence-electron chi connectivity index (χ1n) is 18.5. The van der Waals surface area contributed by atoms with E-state index in [1.807, 2.05) is 24.0 Å². The Labute approximate surface area is 298 Å². The summed E-state index contributed by atoms with van der Waals surface area (Å²) in [6, 6.07) is 10.7. The second kappa shape index (κ2) is 15.3. The van der Waals surface area contributed by atoms with Gasteiger partial charge in [-0.3, -0.25) is 14.5 Å². The van der Waals surface area contributed by atoms with Gasteiger partial charge in [-0.2, -0.15) is 13.2 Å². The molecule has 2 aromatic carbocycles. The number of likely N-dealkylation sites (tertiary alicyclic amines) is 2. The van der Waals surface area contributed by atoms with Gasteiger partial charge in [0.2, 0.25) is 5.67 Å². The van der Waals surface area contributed by atoms with Crippen LogP contribution in [-0.2, 0) is 20.5 Å². The highest BCUT2D eigenvalue weighted by atomic mass is 19.4. The smallest absolute Gasteiger partial charge is 0.416 e. The van der Waals surface area contributed by atoms with Crippen LogP contribution in [0.2, 0.25) is 0 Å². The average Bonchev–Trinajstić information content (AvgIpc) is 3.72. The van der Waals surface area contributed by atoms with Gasteiger partial charge in [0.15, 0.2) is 0 Å². The largest absolute Gasteiger partial charge is 0.497 e. The third kappa shape index (κ3) is 7.87. The number of methoxy groups -OCH3 is 1. The van der Waals surface area contributed by atoms with Crippen molar-refractivity contribution in [3.05, 3.63) is 59.2 Å². The number of ether oxygens (including phenoxy) is 2. The molecule has 3 heterocycles. The van der Waals surface area contributed by atoms with E-state index in [1.165, 1.54) is 6.07 Å². The van der Waals surface area contributed by atoms with Gasteiger partial charge in [-0.1, -0.05) is 25.1 Å². The van der Waals surface area contributed by atoms with Crippen molar-refractivity contribution in [2.24, 2.45) is 11.8 Å². The van der Waals surface area contributed by atoms with Gasteiger partial charge in [-0.25, -0.2) is 4.39 Å². The van der Waals surface area contributed by atoms with Crippen LogP contribution in [0, 0.1) is 11.8 Å². The van der Waals surface area contributed by atoms with Gasteiger partial charge in [0, 0.05) is 62.9 Å². The molecule has 4 atom stereocenters. The quantitative estimate of drug-likeness (QED) is 0.262. The Balaban J connectivity index is 1.32. The molecule has 1 N–H and O–H groups in total. The van der Waals surface area contributed by atoms with E-state index < -0.39 is 47.2 Å². The lowest BCUT2D eigenvalue weighted by Gasteiger charge is -2.35. The fraction of sp³-hybridized carbons (Fsp3) is 0.641. The fourth-order valence-electron chi connectivity index (χ4n) is 8.91. The fourth-order valence-corrected chi connectivity index (χ4v) is 8.91. The number of hydrogen-bond donors (Lipinski definition) is 1. The summed E-state index contributed by atoms with van der Waals surface area (Å²) in [5.74, 6) is -1.86. The Bertz CT molecular complexity index is 1520. The molecule has 8 nitrogen and oxygen atoms in total. The maximum Gasteiger partial charge on any atom is 0.416 e. The number of carbonyl (C=O) groups excluding carboxylic acids is 1. The number of rotatable bonds is 10. The number of piperidine rings is 1. The summed E-state index contributed by atoms with van der Waals surface area (Å²) in [5, 5.41) is 9.52. The monoisotopic (exact) mass is 717 g/mol. The lowest BCUT2D eigenvalue weighted by molar-refractivity contribution is -0.146. The van der Waals surface area contributed by atoms with Gasteiger partial charge in [-0.15, -0.1) is 0 Å². The van der Waals surface area contributed by atoms with E-state index in [0.717, 1.165) is 43.4 Å². The highest BCUT2D eigenvalue weighted by Gasteiger charge is 2.58. The zero-order valence-corrected chi connectivity index (χ0v) is 29.8. The number of carboxylic acid groups (broad SMARTS) is 1. The number of carboxylic acids is 1. The van der Waals surface area contributed by atoms with Crippen LogP contribution in [0.3, 0.4) is 0 Å². The third-order valence-electron chi connectivity index (χ3n) is 12.0. The molecule has 0 aromatic heterocycles. The molecule has 2 aromatic rings. The first-order chi connectivity index (χ1) is 24.3. The maximum absolute atomic E-state index is 18.0. The van der Waals surface area contributed by atoms with E-state index in [2.05, 4.69) is 11.8 Å². The minimum atomic E-state index is -4.57. The van der Waals surface area contributed by atoms with Gasteiger partial charge in [-0.05, 0) is 93.2 Å². The first-order valence-corrected chi connectivity index (χ1v) is 18.5. The third-order valence-corrected chi connectivity index (χ3v) is 12.0. The van der Waals surface area contributed by atoms with Crippen LogP contribution in [0.1, 0.15) is 87.3 Å². The van der Waals surface area contributed by atoms with Crippen LogP contribution >= 0.6 is 0 Å². The number of amides is 1. The molecule has 1 amide bonds. The number of nitrogens with zero attached hydrogens (tertiary/aromatic N) is 3. The van der Waals surface area contributed by atoms with E-state index in [9.17, 15) is 27.9 Å². The van der Waals surface area contributed by atoms with Gasteiger partial charge < -0.3 is 24.4 Å². The molecular formula is C39H51F4N3O5. The topological polar surface area (TPSA) is 82.5 Å². The zero-order valence-electron chi connectivity index (χ0n) is 29.8. The van der Waals surface area contributed by atoms with Crippen LogP contribution < -0.4 is 9.64 Å². The number of halogens is 4. The predicted octanol–water partition coefficient (Wildman–Crippen LogP) is 7.12. The SMILES string of the molecule is CCOC[C@@H]1C[C@@H](c2ccc(C(F)(F)F)cc2N2CCC(C(=O)O)CC2)CN1C(=O)[C@]1(F)CN(C2CCC(C)CC2)C[C@H]1c1ccc(OC)cc1. The summed E-state index contributed by atoms with van der Waals surface area (Å²) in [7, 11) is 1.57. The minimum absolute atomic E-state index is 0.0197. The molecular weight excluding hydrogens is 666 g/mol. The second-order valence-electron chi connectivity index (χ2n) is 15.1. The van der Waals surface area contributed by atoms with Crippen molar-refractivity contribution in [1.29, 1.82) is 0 Å². The van der Waals surface area contributed by atoms with Gasteiger partial charge in [0.1, 0.15) is 5.75 Å². The predicted molar refractivity (Wildman–Crippen MR) is 186 cm³/mol. The number of aliphatic carboxylic acids is 1. The van der Waals surface area contributed by atoms with Gasteiger partial charge >= 0.3 is 12.1 Å². The molecule has 0 radical (unpaired) electrons. The highest BCUT2D eigenvalue weighted by Crippen LogP contribution is 2.47. The molecule has 0 bridgehead atoms. The summed E-state index contributed by atoms with van der Waals surface area (Å²) >= 11 is 0. The molecule has 3 saturated heterocycles. The van der Waals surface area contributed by atoms with Crippen LogP contribution in [0.25, 0.3) is 0 Å². The number of benzene rings is 2. The van der Waals surface area contributed by atoms with E-state index in [0.29, 0.717) is 68.4 Å². The van der Waals surface area contributed by atoms with Crippen LogP contribution in [-0.4, -0.2) is 97.6 Å². The zero-order chi connectivity index (χ0) is 36.5. The number of carbonyl (C=O) groups is 2. The summed E-state index contributed by atoms with van der Waals surface area (Å²) in [6.07, 6.45) is 0.527.